The molecule has 1 heterocycles. The quantitative estimate of drug-likeness (QED) is 0.946. The highest BCUT2D eigenvalue weighted by Gasteiger charge is 2.12. The van der Waals surface area contributed by atoms with E-state index >= 15 is 0 Å². The Morgan fingerprint density at radius 2 is 2.24 bits per heavy atom. The summed E-state index contributed by atoms with van der Waals surface area (Å²) in [5, 5.41) is 13.1. The van der Waals surface area contributed by atoms with Crippen LogP contribution in [0.15, 0.2) is 27.2 Å². The highest BCUT2D eigenvalue weighted by atomic mass is 79.9. The van der Waals surface area contributed by atoms with E-state index in [1.165, 1.54) is 0 Å². The van der Waals surface area contributed by atoms with Crippen molar-refractivity contribution in [2.75, 3.05) is 0 Å². The van der Waals surface area contributed by atoms with Gasteiger partial charge in [-0.1, -0.05) is 27.2 Å². The number of aliphatic hydroxyl groups excluding tert-OH is 1. The highest BCUT2D eigenvalue weighted by molar-refractivity contribution is 9.10. The molecule has 0 spiro atoms. The number of benzene rings is 1. The molecule has 0 radical (unpaired) electrons. The van der Waals surface area contributed by atoms with Gasteiger partial charge in [0.1, 0.15) is 0 Å². The fraction of sp³-hybridized carbons (Fsp3) is 0.333. The van der Waals surface area contributed by atoms with E-state index in [1.54, 1.807) is 6.92 Å². The summed E-state index contributed by atoms with van der Waals surface area (Å²) in [6, 6.07) is 5.93. The third-order valence-corrected chi connectivity index (χ3v) is 2.96. The van der Waals surface area contributed by atoms with Crippen LogP contribution in [0.3, 0.4) is 0 Å². The smallest absolute Gasteiger partial charge is 0.229 e. The zero-order chi connectivity index (χ0) is 12.4. The van der Waals surface area contributed by atoms with Crippen LogP contribution in [0.1, 0.15) is 18.4 Å². The van der Waals surface area contributed by atoms with Crippen LogP contribution in [-0.2, 0) is 6.42 Å². The van der Waals surface area contributed by atoms with Crippen molar-refractivity contribution in [3.63, 3.8) is 0 Å². The number of aromatic nitrogens is 2. The van der Waals surface area contributed by atoms with Gasteiger partial charge in [-0.15, -0.1) is 0 Å². The Kier molecular flexibility index (Phi) is 3.59. The van der Waals surface area contributed by atoms with Crippen molar-refractivity contribution in [1.29, 1.82) is 0 Å². The van der Waals surface area contributed by atoms with E-state index in [2.05, 4.69) is 26.1 Å². The van der Waals surface area contributed by atoms with Crippen LogP contribution >= 0.6 is 15.9 Å². The van der Waals surface area contributed by atoms with Gasteiger partial charge in [0.05, 0.1) is 12.5 Å². The molecule has 0 saturated carbocycles. The second-order valence-corrected chi connectivity index (χ2v) is 4.90. The molecular weight excluding hydrogens is 284 g/mol. The summed E-state index contributed by atoms with van der Waals surface area (Å²) >= 11 is 3.47. The summed E-state index contributed by atoms with van der Waals surface area (Å²) in [6.45, 7) is 3.70. The topological polar surface area (TPSA) is 59.2 Å². The molecule has 0 aliphatic rings. The molecule has 0 bridgehead atoms. The molecule has 1 aromatic carbocycles. The van der Waals surface area contributed by atoms with E-state index in [0.29, 0.717) is 18.1 Å². The molecule has 0 amide bonds. The van der Waals surface area contributed by atoms with Gasteiger partial charge in [-0.25, -0.2) is 0 Å². The second kappa shape index (κ2) is 4.98. The predicted octanol–water partition coefficient (Wildman–Crippen LogP) is 2.73. The third-order valence-electron chi connectivity index (χ3n) is 2.30. The standard InChI is InChI=1S/C12H13BrN2O2/c1-7-3-4-9(10(13)5-7)12-14-11(17-15-12)6-8(2)16/h3-5,8,16H,6H2,1-2H3. The molecule has 90 valence electrons. The van der Waals surface area contributed by atoms with Gasteiger partial charge >= 0.3 is 0 Å². The van der Waals surface area contributed by atoms with E-state index in [4.69, 9.17) is 4.52 Å². The molecule has 0 saturated heterocycles. The molecule has 5 heteroatoms. The van der Waals surface area contributed by atoms with E-state index < -0.39 is 6.10 Å². The highest BCUT2D eigenvalue weighted by Crippen LogP contribution is 2.26. The van der Waals surface area contributed by atoms with Gasteiger partial charge in [0.2, 0.25) is 11.7 Å². The third kappa shape index (κ3) is 2.92. The van der Waals surface area contributed by atoms with Gasteiger partial charge < -0.3 is 9.63 Å². The Morgan fingerprint density at radius 1 is 1.47 bits per heavy atom. The van der Waals surface area contributed by atoms with E-state index in [1.807, 2.05) is 25.1 Å². The minimum atomic E-state index is -0.482. The number of aryl methyl sites for hydroxylation is 1. The minimum absolute atomic E-state index is 0.372. The Labute approximate surface area is 108 Å². The van der Waals surface area contributed by atoms with Crippen LogP contribution in [0.5, 0.6) is 0 Å². The summed E-state index contributed by atoms with van der Waals surface area (Å²) in [7, 11) is 0. The molecule has 2 rings (SSSR count). The maximum Gasteiger partial charge on any atom is 0.229 e. The number of aliphatic hydroxyl groups is 1. The number of hydrogen-bond acceptors (Lipinski definition) is 4. The fourth-order valence-electron chi connectivity index (χ4n) is 1.50. The first-order valence-corrected chi connectivity index (χ1v) is 6.12. The monoisotopic (exact) mass is 296 g/mol. The Bertz CT molecular complexity index is 523. The van der Waals surface area contributed by atoms with Gasteiger partial charge in [0.15, 0.2) is 0 Å². The molecular formula is C12H13BrN2O2. The molecule has 1 unspecified atom stereocenters. The molecule has 4 nitrogen and oxygen atoms in total. The second-order valence-electron chi connectivity index (χ2n) is 4.05. The largest absolute Gasteiger partial charge is 0.393 e. The number of hydrogen-bond donors (Lipinski definition) is 1. The molecule has 17 heavy (non-hydrogen) atoms. The van der Waals surface area contributed by atoms with Crippen LogP contribution in [0, 0.1) is 6.92 Å². The van der Waals surface area contributed by atoms with E-state index in [-0.39, 0.29) is 0 Å². The Balaban J connectivity index is 2.30. The summed E-state index contributed by atoms with van der Waals surface area (Å²) in [4.78, 5) is 4.24. The maximum atomic E-state index is 9.24. The molecule has 0 aliphatic heterocycles. The van der Waals surface area contributed by atoms with Gasteiger partial charge in [-0.05, 0) is 31.5 Å². The Hall–Kier alpha value is -1.20. The zero-order valence-corrected chi connectivity index (χ0v) is 11.2. The summed E-state index contributed by atoms with van der Waals surface area (Å²) in [5.41, 5.74) is 2.05. The van der Waals surface area contributed by atoms with Gasteiger partial charge in [-0.2, -0.15) is 4.98 Å². The predicted molar refractivity (Wildman–Crippen MR) is 67.6 cm³/mol. The SMILES string of the molecule is Cc1ccc(-c2noc(CC(C)O)n2)c(Br)c1. The van der Waals surface area contributed by atoms with Crippen LogP contribution in [-0.4, -0.2) is 21.4 Å². The van der Waals surface area contributed by atoms with Crippen LogP contribution in [0.25, 0.3) is 11.4 Å². The first kappa shape index (κ1) is 12.3. The normalized spacial score (nSPS) is 12.7. The van der Waals surface area contributed by atoms with Crippen molar-refractivity contribution in [3.05, 3.63) is 34.1 Å². The van der Waals surface area contributed by atoms with Gasteiger partial charge in [-0.3, -0.25) is 0 Å². The van der Waals surface area contributed by atoms with Crippen LogP contribution in [0.2, 0.25) is 0 Å². The maximum absolute atomic E-state index is 9.24. The van der Waals surface area contributed by atoms with Crippen molar-refractivity contribution in [2.45, 2.75) is 26.4 Å². The van der Waals surface area contributed by atoms with Crippen molar-refractivity contribution in [3.8, 4) is 11.4 Å². The molecule has 0 fully saturated rings. The van der Waals surface area contributed by atoms with E-state index in [0.717, 1.165) is 15.6 Å². The first-order chi connectivity index (χ1) is 8.06. The van der Waals surface area contributed by atoms with Gasteiger partial charge in [0, 0.05) is 10.0 Å². The molecule has 1 atom stereocenters. The molecule has 0 aliphatic carbocycles. The van der Waals surface area contributed by atoms with Crippen LogP contribution in [0.4, 0.5) is 0 Å². The van der Waals surface area contributed by atoms with Crippen molar-refractivity contribution >= 4 is 15.9 Å². The molecule has 2 aromatic rings. The van der Waals surface area contributed by atoms with Crippen LogP contribution < -0.4 is 0 Å². The van der Waals surface area contributed by atoms with Crippen molar-refractivity contribution in [2.24, 2.45) is 0 Å². The lowest BCUT2D eigenvalue weighted by molar-refractivity contribution is 0.181. The average molecular weight is 297 g/mol. The van der Waals surface area contributed by atoms with Crippen molar-refractivity contribution in [1.82, 2.24) is 10.1 Å². The van der Waals surface area contributed by atoms with Gasteiger partial charge in [0.25, 0.3) is 0 Å². The van der Waals surface area contributed by atoms with E-state index in [9.17, 15) is 5.11 Å². The lowest BCUT2D eigenvalue weighted by Gasteiger charge is -2.00. The molecule has 1 N–H and O–H groups in total. The number of nitrogens with zero attached hydrogens (tertiary/aromatic N) is 2. The first-order valence-electron chi connectivity index (χ1n) is 5.33. The lowest BCUT2D eigenvalue weighted by atomic mass is 10.1. The summed E-state index contributed by atoms with van der Waals surface area (Å²) in [5.74, 6) is 0.981. The number of rotatable bonds is 3. The zero-order valence-electron chi connectivity index (χ0n) is 9.64. The Morgan fingerprint density at radius 3 is 2.88 bits per heavy atom. The van der Waals surface area contributed by atoms with Crippen molar-refractivity contribution < 1.29 is 9.63 Å². The average Bonchev–Trinajstić information content (AvgIpc) is 2.65. The lowest BCUT2D eigenvalue weighted by Crippen LogP contribution is -2.04. The fourth-order valence-corrected chi connectivity index (χ4v) is 2.17. The minimum Gasteiger partial charge on any atom is -0.393 e. The number of halogens is 1. The summed E-state index contributed by atoms with van der Waals surface area (Å²) in [6.07, 6.45) is -0.110. The molecule has 1 aromatic heterocycles. The summed E-state index contributed by atoms with van der Waals surface area (Å²) < 4.78 is 6.01.